The lowest BCUT2D eigenvalue weighted by molar-refractivity contribution is 0.102. The van der Waals surface area contributed by atoms with Crippen molar-refractivity contribution in [2.75, 3.05) is 18.7 Å². The quantitative estimate of drug-likeness (QED) is 0.855. The lowest BCUT2D eigenvalue weighted by atomic mass is 10.2. The topological polar surface area (TPSA) is 38.3 Å². The molecule has 0 saturated carbocycles. The Bertz CT molecular complexity index is 631. The predicted molar refractivity (Wildman–Crippen MR) is 84.2 cm³/mol. The van der Waals surface area contributed by atoms with Crippen LogP contribution in [-0.2, 0) is 0 Å². The highest BCUT2D eigenvalue weighted by molar-refractivity contribution is 7.98. The van der Waals surface area contributed by atoms with E-state index in [9.17, 15) is 4.79 Å². The van der Waals surface area contributed by atoms with Crippen LogP contribution in [0, 0.1) is 0 Å². The Morgan fingerprint density at radius 1 is 1.25 bits per heavy atom. The van der Waals surface area contributed by atoms with E-state index in [0.717, 1.165) is 4.90 Å². The van der Waals surface area contributed by atoms with Crippen LogP contribution in [0.1, 0.15) is 10.4 Å². The van der Waals surface area contributed by atoms with Gasteiger partial charge in [0.15, 0.2) is 0 Å². The molecule has 0 saturated heterocycles. The summed E-state index contributed by atoms with van der Waals surface area (Å²) in [5.74, 6) is 0.295. The molecular formula is C15H14ClNO2S. The summed E-state index contributed by atoms with van der Waals surface area (Å²) in [6.45, 7) is 0. The van der Waals surface area contributed by atoms with Crippen molar-refractivity contribution < 1.29 is 9.53 Å². The number of thioether (sulfide) groups is 1. The molecular weight excluding hydrogens is 294 g/mol. The van der Waals surface area contributed by atoms with Crippen LogP contribution in [0.3, 0.4) is 0 Å². The molecule has 0 unspecified atom stereocenters. The molecule has 0 bridgehead atoms. The van der Waals surface area contributed by atoms with Gasteiger partial charge in [-0.1, -0.05) is 23.7 Å². The van der Waals surface area contributed by atoms with E-state index in [-0.39, 0.29) is 5.91 Å². The third-order valence-corrected chi connectivity index (χ3v) is 3.83. The second-order valence-electron chi connectivity index (χ2n) is 4.00. The van der Waals surface area contributed by atoms with Gasteiger partial charge in [0.1, 0.15) is 5.75 Å². The van der Waals surface area contributed by atoms with Gasteiger partial charge in [-0.3, -0.25) is 4.79 Å². The lowest BCUT2D eigenvalue weighted by Crippen LogP contribution is -2.13. The molecule has 1 amide bonds. The minimum Gasteiger partial charge on any atom is -0.496 e. The molecule has 0 heterocycles. The highest BCUT2D eigenvalue weighted by Crippen LogP contribution is 2.27. The van der Waals surface area contributed by atoms with Crippen molar-refractivity contribution >= 4 is 35.0 Å². The van der Waals surface area contributed by atoms with Gasteiger partial charge in [-0.25, -0.2) is 0 Å². The summed E-state index contributed by atoms with van der Waals surface area (Å²) in [6, 6.07) is 12.6. The number of hydrogen-bond acceptors (Lipinski definition) is 3. The second kappa shape index (κ2) is 6.68. The molecule has 0 fully saturated rings. The number of carbonyl (C=O) groups excluding carboxylic acids is 1. The first-order chi connectivity index (χ1) is 9.65. The predicted octanol–water partition coefficient (Wildman–Crippen LogP) is 4.32. The van der Waals surface area contributed by atoms with Crippen molar-refractivity contribution in [2.24, 2.45) is 0 Å². The fourth-order valence-corrected chi connectivity index (χ4v) is 2.35. The third-order valence-electron chi connectivity index (χ3n) is 2.78. The maximum absolute atomic E-state index is 12.3. The van der Waals surface area contributed by atoms with Crippen LogP contribution in [-0.4, -0.2) is 19.3 Å². The lowest BCUT2D eigenvalue weighted by Gasteiger charge is -2.11. The number of anilines is 1. The van der Waals surface area contributed by atoms with Crippen molar-refractivity contribution in [3.8, 4) is 5.75 Å². The summed E-state index contributed by atoms with van der Waals surface area (Å²) >= 11 is 7.62. The van der Waals surface area contributed by atoms with Gasteiger partial charge >= 0.3 is 0 Å². The number of halogens is 1. The summed E-state index contributed by atoms with van der Waals surface area (Å²) in [5.41, 5.74) is 1.06. The molecule has 0 atom stereocenters. The maximum Gasteiger partial charge on any atom is 0.259 e. The number of nitrogens with one attached hydrogen (secondary N) is 1. The maximum atomic E-state index is 12.3. The summed E-state index contributed by atoms with van der Waals surface area (Å²) < 4.78 is 5.27. The number of benzene rings is 2. The second-order valence-corrected chi connectivity index (χ2v) is 5.29. The molecule has 1 N–H and O–H groups in total. The molecule has 0 aliphatic heterocycles. The SMILES string of the molecule is COc1cc(SC)ccc1C(=O)Nc1ccccc1Cl. The van der Waals surface area contributed by atoms with Crippen molar-refractivity contribution in [3.05, 3.63) is 53.1 Å². The van der Waals surface area contributed by atoms with E-state index in [1.165, 1.54) is 0 Å². The highest BCUT2D eigenvalue weighted by Gasteiger charge is 2.14. The molecule has 5 heteroatoms. The van der Waals surface area contributed by atoms with E-state index in [2.05, 4.69) is 5.32 Å². The summed E-state index contributed by atoms with van der Waals surface area (Å²) in [4.78, 5) is 13.3. The minimum atomic E-state index is -0.248. The summed E-state index contributed by atoms with van der Waals surface area (Å²) in [5, 5.41) is 3.28. The van der Waals surface area contributed by atoms with Gasteiger partial charge < -0.3 is 10.1 Å². The Balaban J connectivity index is 2.27. The number of rotatable bonds is 4. The van der Waals surface area contributed by atoms with Crippen LogP contribution in [0.5, 0.6) is 5.75 Å². The Labute approximate surface area is 127 Å². The minimum absolute atomic E-state index is 0.248. The molecule has 0 aliphatic carbocycles. The van der Waals surface area contributed by atoms with Gasteiger partial charge in [-0.05, 0) is 36.6 Å². The standard InChI is InChI=1S/C15H14ClNO2S/c1-19-14-9-10(20-2)7-8-11(14)15(18)17-13-6-4-3-5-12(13)16/h3-9H,1-2H3,(H,17,18). The number of para-hydroxylation sites is 1. The van der Waals surface area contributed by atoms with Crippen LogP contribution < -0.4 is 10.1 Å². The molecule has 2 aromatic rings. The molecule has 0 aromatic heterocycles. The molecule has 0 aliphatic rings. The normalized spacial score (nSPS) is 10.2. The zero-order valence-corrected chi connectivity index (χ0v) is 12.7. The molecule has 0 radical (unpaired) electrons. The molecule has 104 valence electrons. The number of ether oxygens (including phenoxy) is 1. The fourth-order valence-electron chi connectivity index (χ4n) is 1.74. The van der Waals surface area contributed by atoms with Crippen molar-refractivity contribution in [1.82, 2.24) is 0 Å². The van der Waals surface area contributed by atoms with E-state index >= 15 is 0 Å². The zero-order valence-electron chi connectivity index (χ0n) is 11.1. The Hall–Kier alpha value is -1.65. The first-order valence-electron chi connectivity index (χ1n) is 5.93. The highest BCUT2D eigenvalue weighted by atomic mass is 35.5. The molecule has 2 rings (SSSR count). The Kier molecular flexibility index (Phi) is 4.93. The summed E-state index contributed by atoms with van der Waals surface area (Å²) in [7, 11) is 1.55. The van der Waals surface area contributed by atoms with Gasteiger partial charge in [0.25, 0.3) is 5.91 Å². The average Bonchev–Trinajstić information content (AvgIpc) is 2.48. The van der Waals surface area contributed by atoms with E-state index in [4.69, 9.17) is 16.3 Å². The zero-order chi connectivity index (χ0) is 14.5. The van der Waals surface area contributed by atoms with Crippen LogP contribution in [0.25, 0.3) is 0 Å². The van der Waals surface area contributed by atoms with Gasteiger partial charge in [0.05, 0.1) is 23.4 Å². The van der Waals surface area contributed by atoms with Crippen molar-refractivity contribution in [2.45, 2.75) is 4.90 Å². The van der Waals surface area contributed by atoms with E-state index < -0.39 is 0 Å². The Morgan fingerprint density at radius 2 is 2.00 bits per heavy atom. The van der Waals surface area contributed by atoms with Gasteiger partial charge in [0, 0.05) is 4.90 Å². The van der Waals surface area contributed by atoms with Crippen LogP contribution >= 0.6 is 23.4 Å². The monoisotopic (exact) mass is 307 g/mol. The number of carbonyl (C=O) groups is 1. The van der Waals surface area contributed by atoms with Crippen molar-refractivity contribution in [3.63, 3.8) is 0 Å². The van der Waals surface area contributed by atoms with Gasteiger partial charge in [-0.2, -0.15) is 0 Å². The average molecular weight is 308 g/mol. The number of amides is 1. The number of methoxy groups -OCH3 is 1. The Morgan fingerprint density at radius 3 is 2.65 bits per heavy atom. The van der Waals surface area contributed by atoms with Crippen LogP contribution in [0.4, 0.5) is 5.69 Å². The smallest absolute Gasteiger partial charge is 0.259 e. The first-order valence-corrected chi connectivity index (χ1v) is 7.54. The van der Waals surface area contributed by atoms with E-state index in [0.29, 0.717) is 22.0 Å². The van der Waals surface area contributed by atoms with Crippen molar-refractivity contribution in [1.29, 1.82) is 0 Å². The largest absolute Gasteiger partial charge is 0.496 e. The fraction of sp³-hybridized carbons (Fsp3) is 0.133. The van der Waals surface area contributed by atoms with Crippen LogP contribution in [0.2, 0.25) is 5.02 Å². The van der Waals surface area contributed by atoms with E-state index in [1.807, 2.05) is 30.5 Å². The van der Waals surface area contributed by atoms with Crippen LogP contribution in [0.15, 0.2) is 47.4 Å². The molecule has 2 aromatic carbocycles. The molecule has 3 nitrogen and oxygen atoms in total. The molecule has 0 spiro atoms. The summed E-state index contributed by atoms with van der Waals surface area (Å²) in [6.07, 6.45) is 1.97. The first kappa shape index (κ1) is 14.8. The van der Waals surface area contributed by atoms with Gasteiger partial charge in [-0.15, -0.1) is 11.8 Å². The third kappa shape index (κ3) is 3.26. The van der Waals surface area contributed by atoms with E-state index in [1.54, 1.807) is 37.1 Å². The molecule has 20 heavy (non-hydrogen) atoms. The van der Waals surface area contributed by atoms with Gasteiger partial charge in [0.2, 0.25) is 0 Å². The number of hydrogen-bond donors (Lipinski definition) is 1.